The maximum absolute atomic E-state index is 12.6. The van der Waals surface area contributed by atoms with E-state index in [0.29, 0.717) is 13.0 Å². The van der Waals surface area contributed by atoms with E-state index >= 15 is 0 Å². The molecule has 0 aromatic heterocycles. The molecule has 1 unspecified atom stereocenters. The van der Waals surface area contributed by atoms with Crippen molar-refractivity contribution in [1.29, 1.82) is 0 Å². The van der Waals surface area contributed by atoms with Crippen LogP contribution in [0.15, 0.2) is 23.1 Å². The van der Waals surface area contributed by atoms with E-state index in [1.165, 1.54) is 16.4 Å². The van der Waals surface area contributed by atoms with E-state index in [1.54, 1.807) is 0 Å². The van der Waals surface area contributed by atoms with Crippen LogP contribution in [-0.2, 0) is 10.0 Å². The number of hydrogen-bond acceptors (Lipinski definition) is 5. The second-order valence-electron chi connectivity index (χ2n) is 4.80. The average Bonchev–Trinajstić information content (AvgIpc) is 2.87. The number of hydrogen-bond donors (Lipinski definition) is 1. The summed E-state index contributed by atoms with van der Waals surface area (Å²) in [5.41, 5.74) is 5.35. The molecule has 1 saturated heterocycles. The Balaban J connectivity index is 2.54. The Hall–Kier alpha value is -1.67. The molecule has 110 valence electrons. The fourth-order valence-electron chi connectivity index (χ4n) is 2.55. The van der Waals surface area contributed by atoms with E-state index in [2.05, 4.69) is 0 Å². The average molecular weight is 299 g/mol. The molecule has 7 nitrogen and oxygen atoms in total. The van der Waals surface area contributed by atoms with Crippen molar-refractivity contribution in [2.24, 2.45) is 0 Å². The van der Waals surface area contributed by atoms with Gasteiger partial charge in [-0.15, -0.1) is 0 Å². The molecular weight excluding hydrogens is 282 g/mol. The molecule has 0 bridgehead atoms. The Labute approximate surface area is 117 Å². The van der Waals surface area contributed by atoms with Gasteiger partial charge in [0.2, 0.25) is 10.0 Å². The Bertz CT molecular complexity index is 630. The zero-order valence-electron chi connectivity index (χ0n) is 11.2. The highest BCUT2D eigenvalue weighted by molar-refractivity contribution is 7.89. The molecule has 1 aliphatic rings. The highest BCUT2D eigenvalue weighted by atomic mass is 32.2. The normalized spacial score (nSPS) is 20.1. The third kappa shape index (κ3) is 2.48. The number of nitrogens with two attached hydrogens (primary N) is 1. The highest BCUT2D eigenvalue weighted by Gasteiger charge is 2.38. The first-order chi connectivity index (χ1) is 9.37. The van der Waals surface area contributed by atoms with Crippen molar-refractivity contribution >= 4 is 21.4 Å². The maximum atomic E-state index is 12.6. The first kappa shape index (κ1) is 14.7. The van der Waals surface area contributed by atoms with Crippen LogP contribution in [0.4, 0.5) is 11.4 Å². The number of nitrogens with zero attached hydrogens (tertiary/aromatic N) is 2. The van der Waals surface area contributed by atoms with Crippen LogP contribution in [-0.4, -0.2) is 30.2 Å². The third-order valence-electron chi connectivity index (χ3n) is 3.56. The van der Waals surface area contributed by atoms with Crippen LogP contribution in [0, 0.1) is 10.1 Å². The van der Waals surface area contributed by atoms with Crippen molar-refractivity contribution in [3.63, 3.8) is 0 Å². The summed E-state index contributed by atoms with van der Waals surface area (Å²) in [6.07, 6.45) is 2.25. The lowest BCUT2D eigenvalue weighted by Gasteiger charge is -2.22. The first-order valence-electron chi connectivity index (χ1n) is 6.43. The van der Waals surface area contributed by atoms with Crippen LogP contribution in [0.3, 0.4) is 0 Å². The van der Waals surface area contributed by atoms with Gasteiger partial charge in [0.15, 0.2) is 4.90 Å². The number of anilines is 1. The van der Waals surface area contributed by atoms with E-state index < -0.39 is 20.6 Å². The molecule has 0 amide bonds. The number of sulfonamides is 1. The van der Waals surface area contributed by atoms with Crippen molar-refractivity contribution in [2.45, 2.75) is 37.1 Å². The Kier molecular flexibility index (Phi) is 3.96. The third-order valence-corrected chi connectivity index (χ3v) is 5.54. The second-order valence-corrected chi connectivity index (χ2v) is 6.66. The molecule has 2 N–H and O–H groups in total. The predicted octanol–water partition coefficient (Wildman–Crippen LogP) is 1.74. The molecule has 8 heteroatoms. The molecule has 20 heavy (non-hydrogen) atoms. The molecule has 0 saturated carbocycles. The minimum atomic E-state index is -3.89. The van der Waals surface area contributed by atoms with Gasteiger partial charge in [-0.2, -0.15) is 4.31 Å². The smallest absolute Gasteiger partial charge is 0.289 e. The number of rotatable bonds is 4. The summed E-state index contributed by atoms with van der Waals surface area (Å²) in [6, 6.07) is 3.54. The van der Waals surface area contributed by atoms with Crippen molar-refractivity contribution < 1.29 is 13.3 Å². The lowest BCUT2D eigenvalue weighted by Crippen LogP contribution is -2.35. The Morgan fingerprint density at radius 2 is 2.20 bits per heavy atom. The van der Waals surface area contributed by atoms with E-state index in [-0.39, 0.29) is 16.6 Å². The highest BCUT2D eigenvalue weighted by Crippen LogP contribution is 2.33. The summed E-state index contributed by atoms with van der Waals surface area (Å²) in [7, 11) is -3.89. The van der Waals surface area contributed by atoms with Crippen LogP contribution in [0.2, 0.25) is 0 Å². The molecule has 1 heterocycles. The van der Waals surface area contributed by atoms with Gasteiger partial charge in [-0.1, -0.05) is 6.92 Å². The summed E-state index contributed by atoms with van der Waals surface area (Å²) in [5.74, 6) is 0. The number of nitro groups is 1. The van der Waals surface area contributed by atoms with Crippen LogP contribution in [0.1, 0.15) is 26.2 Å². The van der Waals surface area contributed by atoms with Crippen LogP contribution in [0.25, 0.3) is 0 Å². The van der Waals surface area contributed by atoms with Gasteiger partial charge in [-0.25, -0.2) is 8.42 Å². The molecule has 1 fully saturated rings. The van der Waals surface area contributed by atoms with E-state index in [4.69, 9.17) is 5.73 Å². The summed E-state index contributed by atoms with van der Waals surface area (Å²) in [5, 5.41) is 11.0. The molecule has 1 aliphatic heterocycles. The van der Waals surface area contributed by atoms with Crippen molar-refractivity contribution in [1.82, 2.24) is 4.31 Å². The number of nitro benzene ring substituents is 1. The zero-order valence-corrected chi connectivity index (χ0v) is 12.0. The molecule has 2 rings (SSSR count). The molecule has 0 spiro atoms. The fourth-order valence-corrected chi connectivity index (χ4v) is 4.51. The lowest BCUT2D eigenvalue weighted by molar-refractivity contribution is -0.387. The van der Waals surface area contributed by atoms with Crippen molar-refractivity contribution in [3.05, 3.63) is 28.3 Å². The molecular formula is C12H17N3O4S. The van der Waals surface area contributed by atoms with E-state index in [9.17, 15) is 18.5 Å². The van der Waals surface area contributed by atoms with Gasteiger partial charge in [0.1, 0.15) is 0 Å². The SMILES string of the molecule is CCC1CCCN1S(=O)(=O)c1cc(N)ccc1[N+](=O)[O-]. The molecule has 0 radical (unpaired) electrons. The molecule has 1 aromatic rings. The zero-order chi connectivity index (χ0) is 14.9. The molecule has 1 aromatic carbocycles. The van der Waals surface area contributed by atoms with Gasteiger partial charge < -0.3 is 5.73 Å². The summed E-state index contributed by atoms with van der Waals surface area (Å²) in [6.45, 7) is 2.30. The minimum absolute atomic E-state index is 0.0963. The maximum Gasteiger partial charge on any atom is 0.289 e. The van der Waals surface area contributed by atoms with E-state index in [0.717, 1.165) is 18.9 Å². The fraction of sp³-hybridized carbons (Fsp3) is 0.500. The van der Waals surface area contributed by atoms with Crippen LogP contribution in [0.5, 0.6) is 0 Å². The predicted molar refractivity (Wildman–Crippen MR) is 74.7 cm³/mol. The lowest BCUT2D eigenvalue weighted by atomic mass is 10.2. The van der Waals surface area contributed by atoms with E-state index in [1.807, 2.05) is 6.92 Å². The summed E-state index contributed by atoms with van der Waals surface area (Å²) in [4.78, 5) is 10.0. The largest absolute Gasteiger partial charge is 0.399 e. The van der Waals surface area contributed by atoms with Gasteiger partial charge in [0.05, 0.1) is 4.92 Å². The molecule has 0 aliphatic carbocycles. The quantitative estimate of drug-likeness (QED) is 0.517. The Morgan fingerprint density at radius 1 is 1.50 bits per heavy atom. The van der Waals surface area contributed by atoms with Crippen LogP contribution < -0.4 is 5.73 Å². The van der Waals surface area contributed by atoms with Crippen molar-refractivity contribution in [3.8, 4) is 0 Å². The van der Waals surface area contributed by atoms with Gasteiger partial charge >= 0.3 is 0 Å². The number of benzene rings is 1. The first-order valence-corrected chi connectivity index (χ1v) is 7.87. The van der Waals surface area contributed by atoms with Gasteiger partial charge in [-0.3, -0.25) is 10.1 Å². The summed E-state index contributed by atoms with van der Waals surface area (Å²) >= 11 is 0. The molecule has 1 atom stereocenters. The van der Waals surface area contributed by atoms with Crippen molar-refractivity contribution in [2.75, 3.05) is 12.3 Å². The summed E-state index contributed by atoms with van der Waals surface area (Å²) < 4.78 is 26.7. The number of nitrogen functional groups attached to an aromatic ring is 1. The van der Waals surface area contributed by atoms with Gasteiger partial charge in [-0.05, 0) is 31.4 Å². The Morgan fingerprint density at radius 3 is 2.80 bits per heavy atom. The topological polar surface area (TPSA) is 107 Å². The van der Waals surface area contributed by atoms with Crippen LogP contribution >= 0.6 is 0 Å². The standard InChI is InChI=1S/C12H17N3O4S/c1-2-10-4-3-7-14(10)20(18,19)12-8-9(13)5-6-11(12)15(16)17/h5-6,8,10H,2-4,7,13H2,1H3. The van der Waals surface area contributed by atoms with Gasteiger partial charge in [0.25, 0.3) is 5.69 Å². The van der Waals surface area contributed by atoms with Gasteiger partial charge in [0, 0.05) is 24.3 Å². The second kappa shape index (κ2) is 5.37. The monoisotopic (exact) mass is 299 g/mol. The minimum Gasteiger partial charge on any atom is -0.399 e.